The van der Waals surface area contributed by atoms with Crippen LogP contribution < -0.4 is 0 Å². The Balaban J connectivity index is 1.77. The normalized spacial score (nSPS) is 27.8. The third-order valence-corrected chi connectivity index (χ3v) is 3.41. The molecule has 0 aromatic rings. The molecule has 0 aromatic carbocycles. The summed E-state index contributed by atoms with van der Waals surface area (Å²) >= 11 is 0. The molecule has 1 heterocycles. The molecular weight excluding hydrogens is 200 g/mol. The van der Waals surface area contributed by atoms with Crippen LogP contribution in [0.1, 0.15) is 39.0 Å². The molecule has 1 saturated carbocycles. The highest BCUT2D eigenvalue weighted by Gasteiger charge is 2.28. The van der Waals surface area contributed by atoms with Crippen molar-refractivity contribution in [1.82, 2.24) is 0 Å². The number of rotatable bonds is 3. The summed E-state index contributed by atoms with van der Waals surface area (Å²) in [6, 6.07) is 0. The monoisotopic (exact) mass is 222 g/mol. The zero-order valence-corrected chi connectivity index (χ0v) is 10.2. The van der Waals surface area contributed by atoms with Gasteiger partial charge >= 0.3 is 0 Å². The average molecular weight is 222 g/mol. The van der Waals surface area contributed by atoms with E-state index in [0.29, 0.717) is 5.92 Å². The molecule has 2 aliphatic rings. The van der Waals surface area contributed by atoms with Crippen LogP contribution in [0.4, 0.5) is 0 Å². The van der Waals surface area contributed by atoms with Crippen molar-refractivity contribution >= 4 is 0 Å². The van der Waals surface area contributed by atoms with Crippen LogP contribution >= 0.6 is 0 Å². The Morgan fingerprint density at radius 1 is 1.19 bits per heavy atom. The van der Waals surface area contributed by atoms with Crippen molar-refractivity contribution < 1.29 is 9.47 Å². The average Bonchev–Trinajstić information content (AvgIpc) is 2.84. The Morgan fingerprint density at radius 3 is 2.50 bits per heavy atom. The van der Waals surface area contributed by atoms with Gasteiger partial charge in [-0.25, -0.2) is 0 Å². The van der Waals surface area contributed by atoms with Gasteiger partial charge in [0.15, 0.2) is 6.29 Å². The number of allylic oxidation sites excluding steroid dienone is 4. The van der Waals surface area contributed by atoms with E-state index in [1.165, 1.54) is 25.7 Å². The van der Waals surface area contributed by atoms with Gasteiger partial charge in [-0.05, 0) is 32.1 Å². The molecule has 16 heavy (non-hydrogen) atoms. The standard InChI is InChI=1S/C14H22O2/c1-2-3-4-5-12-6-8-13(9-7-12)14-15-10-11-16-14/h3-5,13-14H,2,6-11H2,1H3. The predicted molar refractivity (Wildman–Crippen MR) is 65.2 cm³/mol. The second kappa shape index (κ2) is 6.21. The molecule has 2 heteroatoms. The molecule has 0 N–H and O–H groups in total. The fraction of sp³-hybridized carbons (Fsp3) is 0.714. The molecule has 0 atom stereocenters. The highest BCUT2D eigenvalue weighted by molar-refractivity contribution is 5.14. The summed E-state index contributed by atoms with van der Waals surface area (Å²) in [6.45, 7) is 3.73. The van der Waals surface area contributed by atoms with E-state index in [2.05, 4.69) is 25.2 Å². The van der Waals surface area contributed by atoms with Crippen molar-refractivity contribution in [2.45, 2.75) is 45.3 Å². The first-order valence-corrected chi connectivity index (χ1v) is 6.48. The largest absolute Gasteiger partial charge is 0.350 e. The maximum absolute atomic E-state index is 5.57. The molecular formula is C14H22O2. The molecule has 2 nitrogen and oxygen atoms in total. The van der Waals surface area contributed by atoms with Gasteiger partial charge in [-0.3, -0.25) is 0 Å². The quantitative estimate of drug-likeness (QED) is 0.728. The number of hydrogen-bond donors (Lipinski definition) is 0. The van der Waals surface area contributed by atoms with Crippen LogP contribution in [0.3, 0.4) is 0 Å². The first-order chi connectivity index (χ1) is 7.90. The van der Waals surface area contributed by atoms with E-state index in [1.54, 1.807) is 5.57 Å². The van der Waals surface area contributed by atoms with Gasteiger partial charge in [-0.15, -0.1) is 0 Å². The second-order valence-corrected chi connectivity index (χ2v) is 4.61. The topological polar surface area (TPSA) is 18.5 Å². The highest BCUT2D eigenvalue weighted by Crippen LogP contribution is 2.33. The van der Waals surface area contributed by atoms with Gasteiger partial charge in [0, 0.05) is 5.92 Å². The van der Waals surface area contributed by atoms with Crippen molar-refractivity contribution in [2.75, 3.05) is 13.2 Å². The Kier molecular flexibility index (Phi) is 4.61. The van der Waals surface area contributed by atoms with E-state index in [0.717, 1.165) is 19.6 Å². The third-order valence-electron chi connectivity index (χ3n) is 3.41. The van der Waals surface area contributed by atoms with Crippen LogP contribution in [0.25, 0.3) is 0 Å². The molecule has 0 bridgehead atoms. The zero-order valence-electron chi connectivity index (χ0n) is 10.2. The summed E-state index contributed by atoms with van der Waals surface area (Å²) in [6.07, 6.45) is 12.8. The SMILES string of the molecule is CCC=CC=C1CCC(C2OCCO2)CC1. The lowest BCUT2D eigenvalue weighted by atomic mass is 9.85. The predicted octanol–water partition coefficient (Wildman–Crippen LogP) is 3.44. The molecule has 0 unspecified atom stereocenters. The third kappa shape index (κ3) is 3.19. The van der Waals surface area contributed by atoms with Crippen molar-refractivity contribution in [3.05, 3.63) is 23.8 Å². The van der Waals surface area contributed by atoms with E-state index in [4.69, 9.17) is 9.47 Å². The Morgan fingerprint density at radius 2 is 1.88 bits per heavy atom. The van der Waals surface area contributed by atoms with Gasteiger partial charge in [-0.2, -0.15) is 0 Å². The lowest BCUT2D eigenvalue weighted by molar-refractivity contribution is -0.0896. The van der Waals surface area contributed by atoms with Crippen LogP contribution in [0.15, 0.2) is 23.8 Å². The lowest BCUT2D eigenvalue weighted by Gasteiger charge is -2.27. The first-order valence-electron chi connectivity index (χ1n) is 6.48. The fourth-order valence-electron chi connectivity index (χ4n) is 2.44. The van der Waals surface area contributed by atoms with E-state index in [-0.39, 0.29) is 6.29 Å². The second-order valence-electron chi connectivity index (χ2n) is 4.61. The highest BCUT2D eigenvalue weighted by atomic mass is 16.7. The smallest absolute Gasteiger partial charge is 0.160 e. The van der Waals surface area contributed by atoms with Crippen LogP contribution in [0.5, 0.6) is 0 Å². The van der Waals surface area contributed by atoms with E-state index in [9.17, 15) is 0 Å². The summed E-state index contributed by atoms with van der Waals surface area (Å²) < 4.78 is 11.1. The molecule has 0 amide bonds. The summed E-state index contributed by atoms with van der Waals surface area (Å²) in [4.78, 5) is 0. The zero-order chi connectivity index (χ0) is 11.2. The molecule has 1 aliphatic heterocycles. The Hall–Kier alpha value is -0.600. The van der Waals surface area contributed by atoms with E-state index in [1.807, 2.05) is 0 Å². The van der Waals surface area contributed by atoms with Gasteiger partial charge in [0.05, 0.1) is 13.2 Å². The lowest BCUT2D eigenvalue weighted by Crippen LogP contribution is -2.24. The molecule has 0 spiro atoms. The summed E-state index contributed by atoms with van der Waals surface area (Å²) in [7, 11) is 0. The summed E-state index contributed by atoms with van der Waals surface area (Å²) in [5.74, 6) is 0.620. The van der Waals surface area contributed by atoms with Crippen LogP contribution in [-0.4, -0.2) is 19.5 Å². The maximum Gasteiger partial charge on any atom is 0.160 e. The minimum Gasteiger partial charge on any atom is -0.350 e. The minimum atomic E-state index is 0.0905. The van der Waals surface area contributed by atoms with Gasteiger partial charge in [0.25, 0.3) is 0 Å². The van der Waals surface area contributed by atoms with E-state index < -0.39 is 0 Å². The van der Waals surface area contributed by atoms with Crippen molar-refractivity contribution in [3.8, 4) is 0 Å². The molecule has 2 fully saturated rings. The summed E-state index contributed by atoms with van der Waals surface area (Å²) in [5, 5.41) is 0. The summed E-state index contributed by atoms with van der Waals surface area (Å²) in [5.41, 5.74) is 1.58. The maximum atomic E-state index is 5.57. The Labute approximate surface area is 98.3 Å². The molecule has 0 aromatic heterocycles. The van der Waals surface area contributed by atoms with Gasteiger partial charge in [0.2, 0.25) is 0 Å². The van der Waals surface area contributed by atoms with Crippen LogP contribution in [0, 0.1) is 5.92 Å². The number of hydrogen-bond acceptors (Lipinski definition) is 2. The van der Waals surface area contributed by atoms with Gasteiger partial charge in [-0.1, -0.05) is 30.7 Å². The van der Waals surface area contributed by atoms with Gasteiger partial charge in [0.1, 0.15) is 0 Å². The number of ether oxygens (including phenoxy) is 2. The van der Waals surface area contributed by atoms with Crippen molar-refractivity contribution in [2.24, 2.45) is 5.92 Å². The Bertz CT molecular complexity index is 252. The van der Waals surface area contributed by atoms with Gasteiger partial charge < -0.3 is 9.47 Å². The minimum absolute atomic E-state index is 0.0905. The van der Waals surface area contributed by atoms with Crippen LogP contribution in [0.2, 0.25) is 0 Å². The first kappa shape index (κ1) is 11.9. The molecule has 1 aliphatic carbocycles. The molecule has 90 valence electrons. The fourth-order valence-corrected chi connectivity index (χ4v) is 2.44. The molecule has 1 saturated heterocycles. The van der Waals surface area contributed by atoms with Crippen molar-refractivity contribution in [3.63, 3.8) is 0 Å². The molecule has 0 radical (unpaired) electrons. The van der Waals surface area contributed by atoms with Crippen molar-refractivity contribution in [1.29, 1.82) is 0 Å². The molecule has 2 rings (SSSR count). The van der Waals surface area contributed by atoms with Crippen LogP contribution in [-0.2, 0) is 9.47 Å². The van der Waals surface area contributed by atoms with E-state index >= 15 is 0 Å².